The number of aromatic nitrogens is 2. The van der Waals surface area contributed by atoms with Gasteiger partial charge in [0.1, 0.15) is 5.60 Å². The number of hydrogen-bond acceptors (Lipinski definition) is 3. The van der Waals surface area contributed by atoms with Crippen LogP contribution in [0.3, 0.4) is 0 Å². The first-order chi connectivity index (χ1) is 8.66. The maximum Gasteiger partial charge on any atom is 0.124 e. The molecule has 0 saturated carbocycles. The average Bonchev–Trinajstić information content (AvgIpc) is 2.99. The van der Waals surface area contributed by atoms with Crippen LogP contribution < -0.4 is 0 Å². The van der Waals surface area contributed by atoms with Gasteiger partial charge in [0.15, 0.2) is 0 Å². The molecule has 1 aromatic heterocycles. The van der Waals surface area contributed by atoms with E-state index >= 15 is 0 Å². The molecule has 18 heavy (non-hydrogen) atoms. The van der Waals surface area contributed by atoms with Crippen molar-refractivity contribution in [1.29, 1.82) is 0 Å². The van der Waals surface area contributed by atoms with E-state index in [0.29, 0.717) is 5.02 Å². The maximum atomic E-state index is 11.1. The molecule has 0 aliphatic carbocycles. The molecule has 4 nitrogen and oxygen atoms in total. The molecule has 2 aliphatic rings. The summed E-state index contributed by atoms with van der Waals surface area (Å²) in [5.41, 5.74) is 0.0274. The molecule has 0 radical (unpaired) electrons. The van der Waals surface area contributed by atoms with Gasteiger partial charge in [-0.3, -0.25) is 9.58 Å². The molecule has 2 unspecified atom stereocenters. The number of fused-ring (bicyclic) bond motifs is 1. The predicted octanol–water partition coefficient (Wildman–Crippen LogP) is 2.00. The van der Waals surface area contributed by atoms with E-state index in [0.717, 1.165) is 44.6 Å². The maximum absolute atomic E-state index is 11.1. The molecule has 3 heterocycles. The van der Waals surface area contributed by atoms with Crippen LogP contribution in [0.25, 0.3) is 0 Å². The zero-order valence-electron chi connectivity index (χ0n) is 10.8. The summed E-state index contributed by atoms with van der Waals surface area (Å²) in [5, 5.41) is 16.0. The molecule has 0 amide bonds. The number of hydrogen-bond donors (Lipinski definition) is 1. The smallest absolute Gasteiger partial charge is 0.124 e. The third kappa shape index (κ3) is 1.70. The summed E-state index contributed by atoms with van der Waals surface area (Å²) in [6.45, 7) is 5.00. The van der Waals surface area contributed by atoms with E-state index in [4.69, 9.17) is 11.6 Å². The highest BCUT2D eigenvalue weighted by atomic mass is 35.5. The molecule has 5 heteroatoms. The third-order valence-corrected chi connectivity index (χ3v) is 4.61. The molecule has 2 fully saturated rings. The Bertz CT molecular complexity index is 447. The van der Waals surface area contributed by atoms with E-state index in [1.807, 2.05) is 4.68 Å². The minimum Gasteiger partial charge on any atom is -0.382 e. The molecule has 0 spiro atoms. The highest BCUT2D eigenvalue weighted by molar-refractivity contribution is 6.31. The van der Waals surface area contributed by atoms with Crippen molar-refractivity contribution in [3.05, 3.63) is 16.9 Å². The topological polar surface area (TPSA) is 41.3 Å². The Labute approximate surface area is 113 Å². The second-order valence-electron chi connectivity index (χ2n) is 5.43. The quantitative estimate of drug-likeness (QED) is 0.913. The van der Waals surface area contributed by atoms with Crippen molar-refractivity contribution in [3.8, 4) is 0 Å². The second-order valence-corrected chi connectivity index (χ2v) is 5.84. The van der Waals surface area contributed by atoms with Crippen LogP contribution in [0.5, 0.6) is 0 Å². The van der Waals surface area contributed by atoms with Gasteiger partial charge in [-0.2, -0.15) is 5.10 Å². The summed E-state index contributed by atoms with van der Waals surface area (Å²) in [6.07, 6.45) is 5.67. The van der Waals surface area contributed by atoms with Gasteiger partial charge in [0.2, 0.25) is 0 Å². The van der Waals surface area contributed by atoms with Crippen molar-refractivity contribution < 1.29 is 5.11 Å². The largest absolute Gasteiger partial charge is 0.382 e. The molecule has 2 atom stereocenters. The van der Waals surface area contributed by atoms with Crippen LogP contribution in [0.4, 0.5) is 0 Å². The van der Waals surface area contributed by atoms with E-state index in [1.54, 1.807) is 6.20 Å². The van der Waals surface area contributed by atoms with Crippen LogP contribution >= 0.6 is 11.6 Å². The number of nitrogens with zero attached hydrogens (tertiary/aromatic N) is 3. The van der Waals surface area contributed by atoms with Crippen LogP contribution in [0.15, 0.2) is 6.20 Å². The van der Waals surface area contributed by atoms with Gasteiger partial charge in [-0.25, -0.2) is 0 Å². The molecular formula is C13H20ClN3O. The fourth-order valence-corrected chi connectivity index (χ4v) is 3.87. The molecule has 2 saturated heterocycles. The van der Waals surface area contributed by atoms with Crippen LogP contribution in [0.2, 0.25) is 5.02 Å². The SMILES string of the molecule is CCCn1ncc(Cl)c1C1(O)CCN2CCCC21. The molecule has 0 bridgehead atoms. The van der Waals surface area contributed by atoms with Gasteiger partial charge in [0, 0.05) is 19.1 Å². The lowest BCUT2D eigenvalue weighted by Crippen LogP contribution is -2.40. The predicted molar refractivity (Wildman–Crippen MR) is 70.6 cm³/mol. The fraction of sp³-hybridized carbons (Fsp3) is 0.769. The summed E-state index contributed by atoms with van der Waals surface area (Å²) in [5.74, 6) is 0. The van der Waals surface area contributed by atoms with Crippen molar-refractivity contribution >= 4 is 11.6 Å². The Morgan fingerprint density at radius 3 is 3.17 bits per heavy atom. The van der Waals surface area contributed by atoms with Gasteiger partial charge in [-0.05, 0) is 32.2 Å². The summed E-state index contributed by atoms with van der Waals surface area (Å²) < 4.78 is 1.89. The zero-order valence-corrected chi connectivity index (χ0v) is 11.5. The minimum absolute atomic E-state index is 0.224. The van der Waals surface area contributed by atoms with Crippen molar-refractivity contribution in [2.45, 2.75) is 50.8 Å². The van der Waals surface area contributed by atoms with E-state index < -0.39 is 5.60 Å². The second kappa shape index (κ2) is 4.51. The van der Waals surface area contributed by atoms with Crippen molar-refractivity contribution in [2.24, 2.45) is 0 Å². The standard InChI is InChI=1S/C13H20ClN3O/c1-2-6-17-12(10(14)9-15-17)13(18)5-8-16-7-3-4-11(13)16/h9,11,18H,2-8H2,1H3. The van der Waals surface area contributed by atoms with Gasteiger partial charge in [0.05, 0.1) is 16.9 Å². The minimum atomic E-state index is -0.806. The molecule has 100 valence electrons. The molecular weight excluding hydrogens is 250 g/mol. The highest BCUT2D eigenvalue weighted by Gasteiger charge is 2.51. The van der Waals surface area contributed by atoms with Gasteiger partial charge in [0.25, 0.3) is 0 Å². The highest BCUT2D eigenvalue weighted by Crippen LogP contribution is 2.44. The van der Waals surface area contributed by atoms with Crippen molar-refractivity contribution in [3.63, 3.8) is 0 Å². The van der Waals surface area contributed by atoms with E-state index in [9.17, 15) is 5.11 Å². The first kappa shape index (κ1) is 12.5. The summed E-state index contributed by atoms with van der Waals surface area (Å²) in [7, 11) is 0. The molecule has 3 rings (SSSR count). The molecule has 2 aliphatic heterocycles. The Hall–Kier alpha value is -0.580. The van der Waals surface area contributed by atoms with E-state index in [1.165, 1.54) is 6.42 Å². The normalized spacial score (nSPS) is 32.1. The van der Waals surface area contributed by atoms with Gasteiger partial charge >= 0.3 is 0 Å². The zero-order chi connectivity index (χ0) is 12.8. The Morgan fingerprint density at radius 2 is 2.39 bits per heavy atom. The Kier molecular flexibility index (Phi) is 3.12. The molecule has 0 aromatic carbocycles. The number of aryl methyl sites for hydroxylation is 1. The lowest BCUT2D eigenvalue weighted by Gasteiger charge is -2.30. The number of halogens is 1. The Balaban J connectivity index is 2.00. The average molecular weight is 270 g/mol. The lowest BCUT2D eigenvalue weighted by molar-refractivity contribution is 0.00118. The van der Waals surface area contributed by atoms with Crippen LogP contribution in [-0.2, 0) is 12.1 Å². The number of aliphatic hydroxyl groups is 1. The monoisotopic (exact) mass is 269 g/mol. The summed E-state index contributed by atoms with van der Waals surface area (Å²) >= 11 is 6.28. The van der Waals surface area contributed by atoms with Gasteiger partial charge in [-0.15, -0.1) is 0 Å². The van der Waals surface area contributed by atoms with Gasteiger partial charge < -0.3 is 5.11 Å². The van der Waals surface area contributed by atoms with Crippen LogP contribution in [0.1, 0.15) is 38.3 Å². The first-order valence-electron chi connectivity index (χ1n) is 6.85. The van der Waals surface area contributed by atoms with Crippen LogP contribution in [-0.4, -0.2) is 38.9 Å². The van der Waals surface area contributed by atoms with Gasteiger partial charge in [-0.1, -0.05) is 18.5 Å². The van der Waals surface area contributed by atoms with Crippen molar-refractivity contribution in [2.75, 3.05) is 13.1 Å². The lowest BCUT2D eigenvalue weighted by atomic mass is 9.89. The molecule has 1 aromatic rings. The van der Waals surface area contributed by atoms with E-state index in [-0.39, 0.29) is 6.04 Å². The third-order valence-electron chi connectivity index (χ3n) is 4.34. The fourth-order valence-electron chi connectivity index (χ4n) is 3.57. The Morgan fingerprint density at radius 1 is 1.56 bits per heavy atom. The first-order valence-corrected chi connectivity index (χ1v) is 7.23. The summed E-state index contributed by atoms with van der Waals surface area (Å²) in [6, 6.07) is 0.224. The van der Waals surface area contributed by atoms with E-state index in [2.05, 4.69) is 16.9 Å². The van der Waals surface area contributed by atoms with Crippen molar-refractivity contribution in [1.82, 2.24) is 14.7 Å². The molecule has 1 N–H and O–H groups in total. The number of rotatable bonds is 3. The summed E-state index contributed by atoms with van der Waals surface area (Å²) in [4.78, 5) is 2.39. The van der Waals surface area contributed by atoms with Crippen LogP contribution in [0, 0.1) is 0 Å².